The summed E-state index contributed by atoms with van der Waals surface area (Å²) < 4.78 is 14.7. The second kappa shape index (κ2) is 9.91. The summed E-state index contributed by atoms with van der Waals surface area (Å²) in [5.74, 6) is -0.719. The van der Waals surface area contributed by atoms with E-state index in [0.717, 1.165) is 17.0 Å². The molecule has 0 spiro atoms. The molecule has 0 aliphatic carbocycles. The van der Waals surface area contributed by atoms with Gasteiger partial charge in [0.25, 0.3) is 0 Å². The number of benzene rings is 2. The van der Waals surface area contributed by atoms with Gasteiger partial charge in [-0.1, -0.05) is 6.07 Å². The van der Waals surface area contributed by atoms with Gasteiger partial charge in [0.2, 0.25) is 11.8 Å². The summed E-state index contributed by atoms with van der Waals surface area (Å²) in [6.45, 7) is 4.62. The number of fused-ring (bicyclic) bond motifs is 1. The van der Waals surface area contributed by atoms with Crippen molar-refractivity contribution in [1.29, 1.82) is 0 Å². The molecule has 3 N–H and O–H groups in total. The Morgan fingerprint density at radius 3 is 2.54 bits per heavy atom. The zero-order valence-corrected chi connectivity index (χ0v) is 17.3. The lowest BCUT2D eigenvalue weighted by Crippen LogP contribution is -2.26. The first kappa shape index (κ1) is 22.2. The van der Waals surface area contributed by atoms with Crippen molar-refractivity contribution >= 4 is 47.4 Å². The second-order valence-corrected chi connectivity index (χ2v) is 7.86. The minimum Gasteiger partial charge on any atom is -0.326 e. The van der Waals surface area contributed by atoms with E-state index in [1.165, 1.54) is 18.7 Å². The predicted molar refractivity (Wildman–Crippen MR) is 114 cm³/mol. The normalized spacial score (nSPS) is 13.7. The summed E-state index contributed by atoms with van der Waals surface area (Å²) in [6.07, 6.45) is 0.621. The number of amides is 2. The third-order valence-corrected chi connectivity index (χ3v) is 5.43. The molecule has 5 nitrogen and oxygen atoms in total. The van der Waals surface area contributed by atoms with Crippen LogP contribution in [0.1, 0.15) is 25.0 Å². The smallest absolute Gasteiger partial charge is 0.237 e. The molecular formula is C20H23ClFN3O2S. The van der Waals surface area contributed by atoms with Gasteiger partial charge in [0.05, 0.1) is 10.9 Å². The number of carbonyl (C=O) groups excluding carboxylic acids is 2. The lowest BCUT2D eigenvalue weighted by Gasteiger charge is -2.20. The van der Waals surface area contributed by atoms with Crippen molar-refractivity contribution in [2.75, 3.05) is 17.2 Å². The van der Waals surface area contributed by atoms with E-state index < -0.39 is 5.25 Å². The number of thioether (sulfide) groups is 1. The van der Waals surface area contributed by atoms with Gasteiger partial charge in [-0.3, -0.25) is 9.59 Å². The quantitative estimate of drug-likeness (QED) is 0.636. The highest BCUT2D eigenvalue weighted by atomic mass is 35.5. The lowest BCUT2D eigenvalue weighted by atomic mass is 9.99. The van der Waals surface area contributed by atoms with Crippen LogP contribution in [0.5, 0.6) is 0 Å². The zero-order chi connectivity index (χ0) is 19.4. The topological polar surface area (TPSA) is 70.2 Å². The molecule has 1 heterocycles. The average Bonchev–Trinajstić information content (AvgIpc) is 2.65. The van der Waals surface area contributed by atoms with Crippen molar-refractivity contribution in [2.45, 2.75) is 37.0 Å². The van der Waals surface area contributed by atoms with Crippen LogP contribution in [0, 0.1) is 5.82 Å². The van der Waals surface area contributed by atoms with Crippen molar-refractivity contribution < 1.29 is 14.0 Å². The van der Waals surface area contributed by atoms with E-state index in [1.807, 2.05) is 18.2 Å². The molecule has 1 atom stereocenters. The molecule has 150 valence electrons. The van der Waals surface area contributed by atoms with Gasteiger partial charge in [-0.05, 0) is 61.3 Å². The number of halogens is 2. The Balaban J connectivity index is 0.00000280. The number of nitrogens with one attached hydrogen (secondary N) is 3. The summed E-state index contributed by atoms with van der Waals surface area (Å²) in [6, 6.07) is 10.7. The van der Waals surface area contributed by atoms with Crippen molar-refractivity contribution in [3.63, 3.8) is 0 Å². The van der Waals surface area contributed by atoms with Gasteiger partial charge in [-0.25, -0.2) is 4.39 Å². The molecule has 2 amide bonds. The monoisotopic (exact) mass is 423 g/mol. The number of hydrogen-bond acceptors (Lipinski definition) is 4. The Morgan fingerprint density at radius 1 is 1.14 bits per heavy atom. The number of hydrogen-bond donors (Lipinski definition) is 3. The van der Waals surface area contributed by atoms with Crippen LogP contribution in [-0.4, -0.2) is 23.6 Å². The first-order valence-electron chi connectivity index (χ1n) is 8.80. The molecule has 0 radical (unpaired) electrons. The second-order valence-electron chi connectivity index (χ2n) is 6.45. The maximum atomic E-state index is 14.7. The summed E-state index contributed by atoms with van der Waals surface area (Å²) >= 11 is 1.38. The summed E-state index contributed by atoms with van der Waals surface area (Å²) in [7, 11) is 0. The maximum absolute atomic E-state index is 14.7. The molecule has 2 aromatic carbocycles. The third kappa shape index (κ3) is 5.47. The SMILES string of the molecule is CC(=O)Nc1ccc(SC(C)C(=O)Nc2ccc3c(c2F)CCNC3)cc1.Cl. The van der Waals surface area contributed by atoms with Crippen LogP contribution in [0.25, 0.3) is 0 Å². The standard InChI is InChI=1S/C20H22FN3O2S.ClH/c1-12(27-16-6-4-15(5-7-16)23-13(2)25)20(26)24-18-8-3-14-11-22-10-9-17(14)19(18)21;/h3-8,12,22H,9-11H2,1-2H3,(H,23,25)(H,24,26);1H. The first-order valence-corrected chi connectivity index (χ1v) is 9.68. The Labute approximate surface area is 174 Å². The Kier molecular flexibility index (Phi) is 7.86. The summed E-state index contributed by atoms with van der Waals surface area (Å²) in [5, 5.41) is 8.22. The highest BCUT2D eigenvalue weighted by Crippen LogP contribution is 2.28. The van der Waals surface area contributed by atoms with Gasteiger partial charge in [-0.2, -0.15) is 0 Å². The Morgan fingerprint density at radius 2 is 1.86 bits per heavy atom. The maximum Gasteiger partial charge on any atom is 0.237 e. The zero-order valence-electron chi connectivity index (χ0n) is 15.7. The van der Waals surface area contributed by atoms with E-state index in [1.54, 1.807) is 25.1 Å². The fourth-order valence-electron chi connectivity index (χ4n) is 2.94. The number of rotatable bonds is 5. The van der Waals surface area contributed by atoms with Crippen LogP contribution in [0.2, 0.25) is 0 Å². The van der Waals surface area contributed by atoms with Gasteiger partial charge in [0, 0.05) is 24.1 Å². The molecule has 1 unspecified atom stereocenters. The average molecular weight is 424 g/mol. The molecule has 0 saturated heterocycles. The van der Waals surface area contributed by atoms with Crippen molar-refractivity contribution in [1.82, 2.24) is 5.32 Å². The molecule has 8 heteroatoms. The molecule has 2 aromatic rings. The van der Waals surface area contributed by atoms with Crippen LogP contribution in [0.4, 0.5) is 15.8 Å². The van der Waals surface area contributed by atoms with Gasteiger partial charge >= 0.3 is 0 Å². The van der Waals surface area contributed by atoms with Gasteiger partial charge in [0.1, 0.15) is 5.82 Å². The van der Waals surface area contributed by atoms with E-state index in [-0.39, 0.29) is 35.7 Å². The van der Waals surface area contributed by atoms with Crippen molar-refractivity contribution in [3.8, 4) is 0 Å². The third-order valence-electron chi connectivity index (χ3n) is 4.32. The Hall–Kier alpha value is -2.09. The number of anilines is 2. The molecule has 3 rings (SSSR count). The molecule has 0 saturated carbocycles. The van der Waals surface area contributed by atoms with Crippen LogP contribution in [0.3, 0.4) is 0 Å². The fourth-order valence-corrected chi connectivity index (χ4v) is 3.81. The molecule has 1 aliphatic heterocycles. The minimum atomic E-state index is -0.395. The van der Waals surface area contributed by atoms with Crippen molar-refractivity contribution in [2.24, 2.45) is 0 Å². The minimum absolute atomic E-state index is 0. The van der Waals surface area contributed by atoms with Crippen LogP contribution < -0.4 is 16.0 Å². The van der Waals surface area contributed by atoms with E-state index >= 15 is 0 Å². The van der Waals surface area contributed by atoms with Crippen molar-refractivity contribution in [3.05, 3.63) is 53.3 Å². The lowest BCUT2D eigenvalue weighted by molar-refractivity contribution is -0.115. The highest BCUT2D eigenvalue weighted by molar-refractivity contribution is 8.00. The fraction of sp³-hybridized carbons (Fsp3) is 0.300. The number of carbonyl (C=O) groups is 2. The summed E-state index contributed by atoms with van der Waals surface area (Å²) in [5.41, 5.74) is 2.56. The Bertz CT molecular complexity index is 861. The van der Waals surface area contributed by atoms with Gasteiger partial charge in [-0.15, -0.1) is 24.2 Å². The van der Waals surface area contributed by atoms with E-state index in [2.05, 4.69) is 16.0 Å². The van der Waals surface area contributed by atoms with E-state index in [9.17, 15) is 14.0 Å². The largest absolute Gasteiger partial charge is 0.326 e. The summed E-state index contributed by atoms with van der Waals surface area (Å²) in [4.78, 5) is 24.4. The highest BCUT2D eigenvalue weighted by Gasteiger charge is 2.20. The van der Waals surface area contributed by atoms with E-state index in [4.69, 9.17) is 0 Å². The molecule has 0 aromatic heterocycles. The van der Waals surface area contributed by atoms with Gasteiger partial charge < -0.3 is 16.0 Å². The molecular weight excluding hydrogens is 401 g/mol. The van der Waals surface area contributed by atoms with Crippen LogP contribution in [0.15, 0.2) is 41.3 Å². The molecule has 1 aliphatic rings. The molecule has 28 heavy (non-hydrogen) atoms. The molecule has 0 bridgehead atoms. The molecule has 0 fully saturated rings. The van der Waals surface area contributed by atoms with Gasteiger partial charge in [0.15, 0.2) is 0 Å². The first-order chi connectivity index (χ1) is 12.9. The predicted octanol–water partition coefficient (Wildman–Crippen LogP) is 3.97. The van der Waals surface area contributed by atoms with Crippen LogP contribution in [-0.2, 0) is 22.6 Å². The van der Waals surface area contributed by atoms with E-state index in [0.29, 0.717) is 24.2 Å². The van der Waals surface area contributed by atoms with Crippen LogP contribution >= 0.6 is 24.2 Å².